The molecule has 2 aliphatic heterocycles. The molecule has 1 aromatic rings. The summed E-state index contributed by atoms with van der Waals surface area (Å²) < 4.78 is 18.9. The Bertz CT molecular complexity index is 485. The third kappa shape index (κ3) is 4.75. The van der Waals surface area contributed by atoms with Gasteiger partial charge in [0.1, 0.15) is 5.82 Å². The number of hydrogen-bond donors (Lipinski definition) is 1. The lowest BCUT2D eigenvalue weighted by atomic mass is 9.89. The van der Waals surface area contributed by atoms with Crippen LogP contribution in [0.1, 0.15) is 31.7 Å². The minimum Gasteiger partial charge on any atom is -0.375 e. The van der Waals surface area contributed by atoms with Crippen molar-refractivity contribution < 1.29 is 9.13 Å². The fourth-order valence-electron chi connectivity index (χ4n) is 3.87. The zero-order chi connectivity index (χ0) is 16.2. The largest absolute Gasteiger partial charge is 0.375 e. The van der Waals surface area contributed by atoms with E-state index in [4.69, 9.17) is 10.5 Å². The van der Waals surface area contributed by atoms with Crippen LogP contribution in [0.25, 0.3) is 0 Å². The Morgan fingerprint density at radius 1 is 1.22 bits per heavy atom. The van der Waals surface area contributed by atoms with Gasteiger partial charge >= 0.3 is 0 Å². The fourth-order valence-corrected chi connectivity index (χ4v) is 3.87. The molecule has 2 N–H and O–H groups in total. The predicted molar refractivity (Wildman–Crippen MR) is 90.8 cm³/mol. The summed E-state index contributed by atoms with van der Waals surface area (Å²) in [5.41, 5.74) is 7.49. The fraction of sp³-hybridized carbons (Fsp3) is 0.684. The summed E-state index contributed by atoms with van der Waals surface area (Å²) in [4.78, 5) is 2.50. The molecule has 0 radical (unpaired) electrons. The first-order chi connectivity index (χ1) is 11.1. The predicted octanol–water partition coefficient (Wildman–Crippen LogP) is 2.83. The van der Waals surface area contributed by atoms with Crippen molar-refractivity contribution in [3.63, 3.8) is 0 Å². The van der Waals surface area contributed by atoms with Crippen LogP contribution in [0.5, 0.6) is 0 Å². The lowest BCUT2D eigenvalue weighted by molar-refractivity contribution is -0.0448. The van der Waals surface area contributed by atoms with E-state index in [1.54, 1.807) is 12.1 Å². The van der Waals surface area contributed by atoms with Gasteiger partial charge in [0.25, 0.3) is 0 Å². The highest BCUT2D eigenvalue weighted by Crippen LogP contribution is 2.24. The third-order valence-electron chi connectivity index (χ3n) is 5.33. The Morgan fingerprint density at radius 3 is 2.57 bits per heavy atom. The third-order valence-corrected chi connectivity index (χ3v) is 5.33. The van der Waals surface area contributed by atoms with Gasteiger partial charge in [0.05, 0.1) is 6.10 Å². The maximum absolute atomic E-state index is 13.0. The van der Waals surface area contributed by atoms with Crippen molar-refractivity contribution >= 4 is 0 Å². The molecule has 4 heteroatoms. The summed E-state index contributed by atoms with van der Waals surface area (Å²) in [5, 5.41) is 0. The Balaban J connectivity index is 1.42. The maximum Gasteiger partial charge on any atom is 0.123 e. The number of halogens is 1. The van der Waals surface area contributed by atoms with Crippen LogP contribution in [-0.4, -0.2) is 43.3 Å². The molecular formula is C19H29FN2O. The van der Waals surface area contributed by atoms with E-state index in [0.29, 0.717) is 11.8 Å². The number of likely N-dealkylation sites (tertiary alicyclic amines) is 1. The first-order valence-electron chi connectivity index (χ1n) is 8.94. The molecule has 0 saturated carbocycles. The minimum atomic E-state index is -0.151. The molecule has 2 aliphatic rings. The standard InChI is InChI=1S/C19H29FN2O/c1-14-10-18(21)19(23-13-14)12-22-8-6-16(7-9-22)11-15-2-4-17(20)5-3-15/h2-5,14,16,18-19H,6-13,21H2,1H3. The normalized spacial score (nSPS) is 30.5. The van der Waals surface area contributed by atoms with Crippen LogP contribution >= 0.6 is 0 Å². The average Bonchev–Trinajstić information content (AvgIpc) is 2.54. The van der Waals surface area contributed by atoms with Gasteiger partial charge in [-0.05, 0) is 68.3 Å². The van der Waals surface area contributed by atoms with Gasteiger partial charge in [0, 0.05) is 19.2 Å². The number of rotatable bonds is 4. The number of nitrogens with two attached hydrogens (primary N) is 1. The van der Waals surface area contributed by atoms with Crippen molar-refractivity contribution in [3.8, 4) is 0 Å². The summed E-state index contributed by atoms with van der Waals surface area (Å²) in [6, 6.07) is 7.13. The molecule has 0 aliphatic carbocycles. The lowest BCUT2D eigenvalue weighted by Crippen LogP contribution is -2.51. The Labute approximate surface area is 139 Å². The van der Waals surface area contributed by atoms with Crippen molar-refractivity contribution in [2.45, 2.75) is 44.8 Å². The molecule has 3 unspecified atom stereocenters. The Kier molecular flexibility index (Phi) is 5.67. The summed E-state index contributed by atoms with van der Waals surface area (Å²) >= 11 is 0. The van der Waals surface area contributed by atoms with E-state index in [9.17, 15) is 4.39 Å². The Hall–Kier alpha value is -0.970. The molecule has 23 heavy (non-hydrogen) atoms. The van der Waals surface area contributed by atoms with Gasteiger partial charge in [-0.1, -0.05) is 19.1 Å². The molecule has 0 amide bonds. The summed E-state index contributed by atoms with van der Waals surface area (Å²) in [7, 11) is 0. The van der Waals surface area contributed by atoms with E-state index in [1.165, 1.54) is 18.4 Å². The summed E-state index contributed by atoms with van der Waals surface area (Å²) in [5.74, 6) is 1.14. The van der Waals surface area contributed by atoms with Gasteiger partial charge in [0.2, 0.25) is 0 Å². The maximum atomic E-state index is 13.0. The summed E-state index contributed by atoms with van der Waals surface area (Å²) in [6.07, 6.45) is 4.74. The van der Waals surface area contributed by atoms with Crippen LogP contribution < -0.4 is 5.73 Å². The highest BCUT2D eigenvalue weighted by atomic mass is 19.1. The van der Waals surface area contributed by atoms with E-state index < -0.39 is 0 Å². The van der Waals surface area contributed by atoms with Crippen molar-refractivity contribution in [2.24, 2.45) is 17.6 Å². The quantitative estimate of drug-likeness (QED) is 0.927. The van der Waals surface area contributed by atoms with E-state index >= 15 is 0 Å². The molecule has 3 rings (SSSR count). The average molecular weight is 320 g/mol. The van der Waals surface area contributed by atoms with Crippen LogP contribution in [0, 0.1) is 17.7 Å². The molecule has 128 valence electrons. The van der Waals surface area contributed by atoms with Gasteiger partial charge in [-0.3, -0.25) is 0 Å². The molecule has 2 fully saturated rings. The molecule has 3 atom stereocenters. The van der Waals surface area contributed by atoms with Gasteiger partial charge in [-0.2, -0.15) is 0 Å². The van der Waals surface area contributed by atoms with Gasteiger partial charge in [-0.25, -0.2) is 4.39 Å². The van der Waals surface area contributed by atoms with E-state index in [2.05, 4.69) is 11.8 Å². The first-order valence-corrected chi connectivity index (χ1v) is 8.94. The highest BCUT2D eigenvalue weighted by molar-refractivity contribution is 5.16. The number of ether oxygens (including phenoxy) is 1. The van der Waals surface area contributed by atoms with E-state index in [1.807, 2.05) is 12.1 Å². The molecule has 2 saturated heterocycles. The van der Waals surface area contributed by atoms with Crippen molar-refractivity contribution in [1.29, 1.82) is 0 Å². The molecule has 0 bridgehead atoms. The van der Waals surface area contributed by atoms with Gasteiger partial charge in [0.15, 0.2) is 0 Å². The van der Waals surface area contributed by atoms with E-state index in [-0.39, 0.29) is 18.0 Å². The molecule has 0 spiro atoms. The topological polar surface area (TPSA) is 38.5 Å². The number of benzene rings is 1. The minimum absolute atomic E-state index is 0.151. The first kappa shape index (κ1) is 16.9. The SMILES string of the molecule is CC1COC(CN2CCC(Cc3ccc(F)cc3)CC2)C(N)C1. The summed E-state index contributed by atoms with van der Waals surface area (Å²) in [6.45, 7) is 6.26. The second-order valence-corrected chi connectivity index (χ2v) is 7.45. The second-order valence-electron chi connectivity index (χ2n) is 7.45. The molecule has 0 aromatic heterocycles. The second kappa shape index (κ2) is 7.73. The number of piperidine rings is 1. The smallest absolute Gasteiger partial charge is 0.123 e. The monoisotopic (exact) mass is 320 g/mol. The van der Waals surface area contributed by atoms with Crippen molar-refractivity contribution in [2.75, 3.05) is 26.2 Å². The molecule has 1 aromatic carbocycles. The van der Waals surface area contributed by atoms with Gasteiger partial charge in [-0.15, -0.1) is 0 Å². The number of nitrogens with zero attached hydrogens (tertiary/aromatic N) is 1. The van der Waals surface area contributed by atoms with Crippen LogP contribution in [-0.2, 0) is 11.2 Å². The van der Waals surface area contributed by atoms with Crippen LogP contribution in [0.3, 0.4) is 0 Å². The van der Waals surface area contributed by atoms with E-state index in [0.717, 1.165) is 39.1 Å². The van der Waals surface area contributed by atoms with Gasteiger partial charge < -0.3 is 15.4 Å². The molecule has 2 heterocycles. The van der Waals surface area contributed by atoms with Crippen LogP contribution in [0.4, 0.5) is 4.39 Å². The van der Waals surface area contributed by atoms with Crippen LogP contribution in [0.2, 0.25) is 0 Å². The molecule has 3 nitrogen and oxygen atoms in total. The van der Waals surface area contributed by atoms with Crippen LogP contribution in [0.15, 0.2) is 24.3 Å². The van der Waals surface area contributed by atoms with Crippen molar-refractivity contribution in [3.05, 3.63) is 35.6 Å². The van der Waals surface area contributed by atoms with Crippen molar-refractivity contribution in [1.82, 2.24) is 4.90 Å². The zero-order valence-electron chi connectivity index (χ0n) is 14.1. The Morgan fingerprint density at radius 2 is 1.91 bits per heavy atom. The highest BCUT2D eigenvalue weighted by Gasteiger charge is 2.29. The zero-order valence-corrected chi connectivity index (χ0v) is 14.1. The molecular weight excluding hydrogens is 291 g/mol. The lowest BCUT2D eigenvalue weighted by Gasteiger charge is -2.38. The number of hydrogen-bond acceptors (Lipinski definition) is 3.